The molecule has 0 amide bonds. The van der Waals surface area contributed by atoms with Crippen LogP contribution in [0.5, 0.6) is 0 Å². The van der Waals surface area contributed by atoms with E-state index in [-0.39, 0.29) is 0 Å². The lowest BCUT2D eigenvalue weighted by atomic mass is 9.93. The largest absolute Gasteiger partial charge is 0.372 e. The zero-order valence-electron chi connectivity index (χ0n) is 31.5. The zero-order chi connectivity index (χ0) is 34.8. The Morgan fingerprint density at radius 1 is 0.408 bits per heavy atom. The van der Waals surface area contributed by atoms with Crippen molar-refractivity contribution in [2.45, 2.75) is 99.3 Å². The minimum atomic E-state index is 0.841. The fourth-order valence-corrected chi connectivity index (χ4v) is 6.41. The molecule has 0 aliphatic heterocycles. The maximum atomic E-state index is 2.57. The second-order valence-corrected chi connectivity index (χ2v) is 13.7. The number of rotatable bonds is 20. The van der Waals surface area contributed by atoms with Gasteiger partial charge in [0.2, 0.25) is 0 Å². The first kappa shape index (κ1) is 37.8. The van der Waals surface area contributed by atoms with Crippen LogP contribution in [-0.4, -0.2) is 26.2 Å². The molecule has 4 rings (SSSR count). The smallest absolute Gasteiger partial charge is 0.0366 e. The molecule has 4 aromatic rings. The summed E-state index contributed by atoms with van der Waals surface area (Å²) in [5.41, 5.74) is 12.9. The van der Waals surface area contributed by atoms with E-state index in [2.05, 4.69) is 161 Å². The molecular weight excluding hydrogens is 593 g/mol. The molecule has 0 spiro atoms. The monoisotopic (exact) mass is 654 g/mol. The van der Waals surface area contributed by atoms with Crippen molar-refractivity contribution in [3.63, 3.8) is 0 Å². The summed E-state index contributed by atoms with van der Waals surface area (Å²) in [5.74, 6) is 0. The normalized spacial score (nSPS) is 12.0. The summed E-state index contributed by atoms with van der Waals surface area (Å²) < 4.78 is 0. The highest BCUT2D eigenvalue weighted by molar-refractivity contribution is 5.83. The summed E-state index contributed by atoms with van der Waals surface area (Å²) in [6, 6.07) is 36.7. The van der Waals surface area contributed by atoms with E-state index in [9.17, 15) is 0 Å². The lowest BCUT2D eigenvalue weighted by Crippen LogP contribution is -2.25. The number of anilines is 2. The summed E-state index contributed by atoms with van der Waals surface area (Å²) in [6.45, 7) is 18.0. The van der Waals surface area contributed by atoms with Gasteiger partial charge in [-0.15, -0.1) is 0 Å². The van der Waals surface area contributed by atoms with Crippen molar-refractivity contribution in [1.82, 2.24) is 0 Å². The van der Waals surface area contributed by atoms with Gasteiger partial charge >= 0.3 is 0 Å². The first-order valence-corrected chi connectivity index (χ1v) is 19.2. The predicted molar refractivity (Wildman–Crippen MR) is 218 cm³/mol. The number of hydrogen-bond acceptors (Lipinski definition) is 2. The number of allylic oxidation sites excluding steroid dienone is 2. The molecule has 0 saturated carbocycles. The van der Waals surface area contributed by atoms with Crippen molar-refractivity contribution >= 4 is 22.5 Å². The molecule has 4 aromatic carbocycles. The van der Waals surface area contributed by atoms with Crippen LogP contribution in [0.15, 0.2) is 109 Å². The molecule has 0 radical (unpaired) electrons. The lowest BCUT2D eigenvalue weighted by Gasteiger charge is -2.25. The van der Waals surface area contributed by atoms with E-state index in [4.69, 9.17) is 0 Å². The van der Waals surface area contributed by atoms with E-state index >= 15 is 0 Å². The summed E-state index contributed by atoms with van der Waals surface area (Å²) in [5, 5.41) is 0. The third-order valence-electron chi connectivity index (χ3n) is 9.58. The van der Waals surface area contributed by atoms with Gasteiger partial charge in [0.15, 0.2) is 0 Å². The number of aryl methyl sites for hydroxylation is 2. The molecule has 0 bridgehead atoms. The first-order chi connectivity index (χ1) is 24.0. The standard InChI is InChI=1S/C47H62N2/c1-7-11-34-48(35-12-8-2)44-30-26-42(27-31-44)46(40-22-18-38(5)19-23-40)16-15-17-47(41-24-20-39(6)21-25-41)43-28-32-45(33-29-43)49(36-13-9-3)37-14-10-4/h16-33H,7-15,34-37H2,1-6H3. The molecule has 0 aliphatic rings. The highest BCUT2D eigenvalue weighted by Crippen LogP contribution is 2.30. The van der Waals surface area contributed by atoms with Gasteiger partial charge in [-0.25, -0.2) is 0 Å². The van der Waals surface area contributed by atoms with Gasteiger partial charge in [0.1, 0.15) is 0 Å². The lowest BCUT2D eigenvalue weighted by molar-refractivity contribution is 0.678. The van der Waals surface area contributed by atoms with Gasteiger partial charge in [0.05, 0.1) is 0 Å². The number of benzene rings is 4. The Morgan fingerprint density at radius 3 is 0.939 bits per heavy atom. The van der Waals surface area contributed by atoms with Crippen molar-refractivity contribution in [2.75, 3.05) is 36.0 Å². The maximum absolute atomic E-state index is 2.57. The van der Waals surface area contributed by atoms with Gasteiger partial charge in [-0.3, -0.25) is 0 Å². The van der Waals surface area contributed by atoms with Crippen LogP contribution in [0, 0.1) is 13.8 Å². The molecule has 260 valence electrons. The number of nitrogens with zero attached hydrogens (tertiary/aromatic N) is 2. The minimum absolute atomic E-state index is 0.841. The van der Waals surface area contributed by atoms with E-state index in [0.717, 1.165) is 32.6 Å². The van der Waals surface area contributed by atoms with Gasteiger partial charge in [0, 0.05) is 37.6 Å². The summed E-state index contributed by atoms with van der Waals surface area (Å²) in [7, 11) is 0. The summed E-state index contributed by atoms with van der Waals surface area (Å²) >= 11 is 0. The van der Waals surface area contributed by atoms with Crippen molar-refractivity contribution in [3.8, 4) is 0 Å². The van der Waals surface area contributed by atoms with Crippen molar-refractivity contribution in [1.29, 1.82) is 0 Å². The van der Waals surface area contributed by atoms with Gasteiger partial charge < -0.3 is 9.80 Å². The molecule has 0 fully saturated rings. The molecule has 0 aliphatic carbocycles. The van der Waals surface area contributed by atoms with Gasteiger partial charge in [-0.2, -0.15) is 0 Å². The number of hydrogen-bond donors (Lipinski definition) is 0. The van der Waals surface area contributed by atoms with E-state index < -0.39 is 0 Å². The van der Waals surface area contributed by atoms with Crippen LogP contribution in [0.3, 0.4) is 0 Å². The number of unbranched alkanes of at least 4 members (excludes halogenated alkanes) is 4. The second kappa shape index (κ2) is 20.5. The van der Waals surface area contributed by atoms with E-state index in [1.165, 1.54) is 107 Å². The average Bonchev–Trinajstić information content (AvgIpc) is 3.13. The van der Waals surface area contributed by atoms with Crippen molar-refractivity contribution in [2.24, 2.45) is 0 Å². The average molecular weight is 655 g/mol. The fraction of sp³-hybridized carbons (Fsp3) is 0.404. The van der Waals surface area contributed by atoms with Gasteiger partial charge in [0.25, 0.3) is 0 Å². The SMILES string of the molecule is CCCCN(CCCC)c1ccc(C(=CCC=C(c2ccc(C)cc2)c2ccc(N(CCCC)CCCC)cc2)c2ccc(C)cc2)cc1. The minimum Gasteiger partial charge on any atom is -0.372 e. The molecule has 0 aromatic heterocycles. The topological polar surface area (TPSA) is 6.48 Å². The van der Waals surface area contributed by atoms with Gasteiger partial charge in [-0.05, 0) is 104 Å². The Bertz CT molecular complexity index is 1420. The molecule has 0 saturated heterocycles. The quantitative estimate of drug-likeness (QED) is 0.0935. The Morgan fingerprint density at radius 2 is 0.673 bits per heavy atom. The van der Waals surface area contributed by atoms with Crippen LogP contribution in [0.4, 0.5) is 11.4 Å². The third kappa shape index (κ3) is 11.5. The highest BCUT2D eigenvalue weighted by Gasteiger charge is 2.11. The van der Waals surface area contributed by atoms with Crippen molar-refractivity contribution < 1.29 is 0 Å². The zero-order valence-corrected chi connectivity index (χ0v) is 31.5. The molecule has 2 heteroatoms. The van der Waals surface area contributed by atoms with Gasteiger partial charge in [-0.1, -0.05) is 149 Å². The molecule has 0 heterocycles. The molecule has 0 unspecified atom stereocenters. The Kier molecular flexibility index (Phi) is 15.8. The van der Waals surface area contributed by atoms with E-state index in [1.807, 2.05) is 0 Å². The Balaban J connectivity index is 1.68. The Hall–Kier alpha value is -4.04. The molecule has 2 nitrogen and oxygen atoms in total. The molecule has 0 atom stereocenters. The molecule has 0 N–H and O–H groups in total. The second-order valence-electron chi connectivity index (χ2n) is 13.7. The van der Waals surface area contributed by atoms with Crippen LogP contribution in [0.25, 0.3) is 11.1 Å². The van der Waals surface area contributed by atoms with E-state index in [1.54, 1.807) is 0 Å². The third-order valence-corrected chi connectivity index (χ3v) is 9.58. The Labute approximate surface area is 299 Å². The first-order valence-electron chi connectivity index (χ1n) is 19.2. The van der Waals surface area contributed by atoms with E-state index in [0.29, 0.717) is 0 Å². The van der Waals surface area contributed by atoms with Crippen LogP contribution < -0.4 is 9.80 Å². The fourth-order valence-electron chi connectivity index (χ4n) is 6.41. The summed E-state index contributed by atoms with van der Waals surface area (Å²) in [4.78, 5) is 5.14. The van der Waals surface area contributed by atoms with Crippen LogP contribution in [-0.2, 0) is 0 Å². The van der Waals surface area contributed by atoms with Crippen LogP contribution in [0.2, 0.25) is 0 Å². The molecule has 49 heavy (non-hydrogen) atoms. The van der Waals surface area contributed by atoms with Crippen LogP contribution >= 0.6 is 0 Å². The van der Waals surface area contributed by atoms with Crippen LogP contribution in [0.1, 0.15) is 119 Å². The molecular formula is C47H62N2. The predicted octanol–water partition coefficient (Wildman–Crippen LogP) is 13.1. The summed E-state index contributed by atoms with van der Waals surface area (Å²) in [6.07, 6.45) is 15.5. The maximum Gasteiger partial charge on any atom is 0.0366 e. The van der Waals surface area contributed by atoms with Crippen molar-refractivity contribution in [3.05, 3.63) is 143 Å². The highest BCUT2D eigenvalue weighted by atomic mass is 15.1.